The Morgan fingerprint density at radius 2 is 1.74 bits per heavy atom. The summed E-state index contributed by atoms with van der Waals surface area (Å²) in [7, 11) is 4.12. The third-order valence-corrected chi connectivity index (χ3v) is 8.24. The molecule has 1 fully saturated rings. The first kappa shape index (κ1) is 24.3. The fourth-order valence-corrected chi connectivity index (χ4v) is 5.98. The van der Waals surface area contributed by atoms with Crippen molar-refractivity contribution < 1.29 is 4.39 Å². The lowest BCUT2D eigenvalue weighted by Crippen LogP contribution is -2.44. The molecular weight excluding hydrogens is 477 g/mol. The monoisotopic (exact) mass is 507 g/mol. The van der Waals surface area contributed by atoms with Crippen LogP contribution < -0.4 is 0 Å². The van der Waals surface area contributed by atoms with Gasteiger partial charge in [0.05, 0.1) is 42.0 Å². The van der Waals surface area contributed by atoms with Crippen molar-refractivity contribution in [1.82, 2.24) is 29.2 Å². The summed E-state index contributed by atoms with van der Waals surface area (Å²) in [5, 5.41) is 5.37. The summed E-state index contributed by atoms with van der Waals surface area (Å²) in [4.78, 5) is 15.5. The highest BCUT2D eigenvalue weighted by Gasteiger charge is 2.29. The second-order valence-corrected chi connectivity index (χ2v) is 10.6. The van der Waals surface area contributed by atoms with Crippen LogP contribution in [-0.4, -0.2) is 48.3 Å². The topological polar surface area (TPSA) is 56.1 Å². The number of fused-ring (bicyclic) bond motifs is 2. The Hall–Kier alpha value is -4.09. The number of piperidine rings is 1. The molecule has 8 heteroatoms. The molecule has 1 aliphatic rings. The quantitative estimate of drug-likeness (QED) is 0.262. The third-order valence-electron chi connectivity index (χ3n) is 8.24. The van der Waals surface area contributed by atoms with E-state index in [-0.39, 0.29) is 5.69 Å². The molecule has 0 bridgehead atoms. The Bertz CT molecular complexity index is 1700. The zero-order valence-corrected chi connectivity index (χ0v) is 22.1. The molecular formula is C30H30FN7. The van der Waals surface area contributed by atoms with Gasteiger partial charge in [0.15, 0.2) is 0 Å². The van der Waals surface area contributed by atoms with Gasteiger partial charge in [-0.15, -0.1) is 0 Å². The van der Waals surface area contributed by atoms with Crippen LogP contribution in [0.1, 0.15) is 26.7 Å². The maximum Gasteiger partial charge on any atom is 0.222 e. The van der Waals surface area contributed by atoms with Crippen LogP contribution >= 0.6 is 0 Å². The Morgan fingerprint density at radius 1 is 0.974 bits per heavy atom. The first-order chi connectivity index (χ1) is 18.3. The first-order valence-electron chi connectivity index (χ1n) is 13.0. The van der Waals surface area contributed by atoms with E-state index in [2.05, 4.69) is 46.4 Å². The van der Waals surface area contributed by atoms with Crippen molar-refractivity contribution in [2.75, 3.05) is 7.05 Å². The second-order valence-electron chi connectivity index (χ2n) is 10.6. The van der Waals surface area contributed by atoms with Crippen molar-refractivity contribution in [2.45, 2.75) is 45.3 Å². The Labute approximate surface area is 221 Å². The summed E-state index contributed by atoms with van der Waals surface area (Å²) < 4.78 is 18.9. The Balaban J connectivity index is 1.49. The van der Waals surface area contributed by atoms with Gasteiger partial charge < -0.3 is 9.47 Å². The third kappa shape index (κ3) is 4.04. The minimum atomic E-state index is -0.545. The molecule has 4 heterocycles. The molecule has 6 rings (SSSR count). The average molecular weight is 508 g/mol. The van der Waals surface area contributed by atoms with E-state index in [1.54, 1.807) is 6.07 Å². The van der Waals surface area contributed by atoms with E-state index >= 15 is 0 Å². The predicted molar refractivity (Wildman–Crippen MR) is 148 cm³/mol. The number of hydrogen-bond donors (Lipinski definition) is 0. The van der Waals surface area contributed by atoms with Gasteiger partial charge in [0.2, 0.25) is 5.69 Å². The summed E-state index contributed by atoms with van der Waals surface area (Å²) in [6.45, 7) is 12.7. The van der Waals surface area contributed by atoms with Crippen LogP contribution in [0.3, 0.4) is 0 Å². The maximum atomic E-state index is 14.8. The largest absolute Gasteiger partial charge is 0.329 e. The molecule has 192 valence electrons. The molecule has 0 aliphatic carbocycles. The summed E-state index contributed by atoms with van der Waals surface area (Å²) in [6.07, 6.45) is 7.88. The number of nitrogens with zero attached hydrogens (tertiary/aromatic N) is 7. The van der Waals surface area contributed by atoms with Gasteiger partial charge in [0, 0.05) is 42.2 Å². The van der Waals surface area contributed by atoms with Crippen molar-refractivity contribution >= 4 is 27.6 Å². The smallest absolute Gasteiger partial charge is 0.222 e. The van der Waals surface area contributed by atoms with E-state index in [0.29, 0.717) is 23.6 Å². The lowest BCUT2D eigenvalue weighted by molar-refractivity contribution is 0.0912. The summed E-state index contributed by atoms with van der Waals surface area (Å²) in [5.41, 5.74) is 5.80. The van der Waals surface area contributed by atoms with Gasteiger partial charge in [-0.3, -0.25) is 9.67 Å². The first-order valence-corrected chi connectivity index (χ1v) is 13.0. The van der Waals surface area contributed by atoms with Crippen LogP contribution in [0.4, 0.5) is 10.1 Å². The van der Waals surface area contributed by atoms with Crippen LogP contribution in [0.15, 0.2) is 55.1 Å². The second kappa shape index (κ2) is 9.34. The van der Waals surface area contributed by atoms with E-state index in [4.69, 9.17) is 16.5 Å². The maximum absolute atomic E-state index is 14.8. The van der Waals surface area contributed by atoms with E-state index in [1.165, 1.54) is 12.1 Å². The molecule has 1 saturated heterocycles. The van der Waals surface area contributed by atoms with Crippen LogP contribution in [0.2, 0.25) is 0 Å². The SMILES string of the molecule is [C-]#[N+]c1ccc(-c2c(-c3ccc4c(cnn4C)c3)ncc3c2ncn3CC2CC(C)N(C)C(C)C2)cc1F. The molecule has 5 aromatic rings. The summed E-state index contributed by atoms with van der Waals surface area (Å²) in [6, 6.07) is 11.9. The number of imidazole rings is 1. The molecule has 0 saturated carbocycles. The van der Waals surface area contributed by atoms with Crippen LogP contribution in [0, 0.1) is 18.3 Å². The highest BCUT2D eigenvalue weighted by Crippen LogP contribution is 2.39. The molecule has 7 nitrogen and oxygen atoms in total. The number of likely N-dealkylation sites (tertiary alicyclic amines) is 1. The molecule has 2 unspecified atom stereocenters. The van der Waals surface area contributed by atoms with E-state index in [9.17, 15) is 4.39 Å². The van der Waals surface area contributed by atoms with Crippen molar-refractivity contribution in [1.29, 1.82) is 0 Å². The van der Waals surface area contributed by atoms with Crippen molar-refractivity contribution in [3.63, 3.8) is 0 Å². The van der Waals surface area contributed by atoms with E-state index in [0.717, 1.165) is 58.1 Å². The number of hydrogen-bond acceptors (Lipinski definition) is 4. The van der Waals surface area contributed by atoms with Gasteiger partial charge in [-0.05, 0) is 63.4 Å². The number of benzene rings is 2. The predicted octanol–water partition coefficient (Wildman–Crippen LogP) is 6.46. The number of aromatic nitrogens is 5. The zero-order valence-electron chi connectivity index (χ0n) is 22.1. The zero-order chi connectivity index (χ0) is 26.6. The highest BCUT2D eigenvalue weighted by molar-refractivity contribution is 6.00. The Kier molecular flexibility index (Phi) is 5.96. The summed E-state index contributed by atoms with van der Waals surface area (Å²) >= 11 is 0. The van der Waals surface area contributed by atoms with Gasteiger partial charge in [0.1, 0.15) is 11.3 Å². The Morgan fingerprint density at radius 3 is 2.47 bits per heavy atom. The minimum Gasteiger partial charge on any atom is -0.329 e. The fraction of sp³-hybridized carbons (Fsp3) is 0.333. The molecule has 0 N–H and O–H groups in total. The number of aryl methyl sites for hydroxylation is 1. The van der Waals surface area contributed by atoms with Crippen LogP contribution in [-0.2, 0) is 13.6 Å². The molecule has 2 atom stereocenters. The highest BCUT2D eigenvalue weighted by atomic mass is 19.1. The van der Waals surface area contributed by atoms with Gasteiger partial charge in [0.25, 0.3) is 0 Å². The molecule has 1 aliphatic heterocycles. The standard InChI is InChI=1S/C30H30FN7/c1-18-10-20(11-19(2)36(18)4)16-38-17-34-30-27(38)15-33-29(22-7-9-26-23(12-22)14-35-37(26)5)28(30)21-6-8-25(32-3)24(31)13-21/h6-9,12-15,17-20H,10-11,16H2,1-2,4-5H3. The van der Waals surface area contributed by atoms with E-state index in [1.807, 2.05) is 42.6 Å². The van der Waals surface area contributed by atoms with Crippen molar-refractivity contribution in [3.05, 3.63) is 72.4 Å². The number of halogens is 1. The molecule has 2 aromatic carbocycles. The minimum absolute atomic E-state index is 0.00301. The van der Waals surface area contributed by atoms with Crippen LogP contribution in [0.5, 0.6) is 0 Å². The average Bonchev–Trinajstić information content (AvgIpc) is 3.49. The van der Waals surface area contributed by atoms with Gasteiger partial charge >= 0.3 is 0 Å². The lowest BCUT2D eigenvalue weighted by Gasteiger charge is -2.40. The van der Waals surface area contributed by atoms with Crippen molar-refractivity contribution in [3.8, 4) is 22.4 Å². The van der Waals surface area contributed by atoms with Gasteiger partial charge in [-0.1, -0.05) is 18.2 Å². The molecule has 38 heavy (non-hydrogen) atoms. The fourth-order valence-electron chi connectivity index (χ4n) is 5.98. The molecule has 3 aromatic heterocycles. The molecule has 0 radical (unpaired) electrons. The molecule has 0 spiro atoms. The molecule has 0 amide bonds. The van der Waals surface area contributed by atoms with Crippen molar-refractivity contribution in [2.24, 2.45) is 13.0 Å². The normalized spacial score (nSPS) is 20.3. The van der Waals surface area contributed by atoms with E-state index < -0.39 is 5.82 Å². The van der Waals surface area contributed by atoms with Gasteiger partial charge in [-0.25, -0.2) is 14.2 Å². The summed E-state index contributed by atoms with van der Waals surface area (Å²) in [5.74, 6) is -0.00277. The lowest BCUT2D eigenvalue weighted by atomic mass is 9.87. The van der Waals surface area contributed by atoms with Crippen LogP contribution in [0.25, 0.3) is 49.2 Å². The van der Waals surface area contributed by atoms with Gasteiger partial charge in [-0.2, -0.15) is 5.10 Å². The number of rotatable bonds is 4. The number of pyridine rings is 1.